The SMILES string of the molecule is CCCn1c(SCC(=O)NCC2CC2)nc2cc(Cl)ccc2c1=O. The molecular formula is C17H20ClN3O2S. The lowest BCUT2D eigenvalue weighted by atomic mass is 10.2. The fourth-order valence-electron chi connectivity index (χ4n) is 2.47. The van der Waals surface area contributed by atoms with Crippen molar-refractivity contribution in [2.45, 2.75) is 37.9 Å². The highest BCUT2D eigenvalue weighted by Gasteiger charge is 2.21. The van der Waals surface area contributed by atoms with Gasteiger partial charge < -0.3 is 5.32 Å². The van der Waals surface area contributed by atoms with Gasteiger partial charge in [-0.15, -0.1) is 0 Å². The van der Waals surface area contributed by atoms with Crippen LogP contribution in [0.25, 0.3) is 10.9 Å². The van der Waals surface area contributed by atoms with E-state index in [0.29, 0.717) is 33.5 Å². The zero-order valence-corrected chi connectivity index (χ0v) is 15.1. The molecule has 0 aliphatic heterocycles. The third-order valence-electron chi connectivity index (χ3n) is 3.95. The van der Waals surface area contributed by atoms with Gasteiger partial charge in [0.25, 0.3) is 5.56 Å². The zero-order valence-electron chi connectivity index (χ0n) is 13.5. The average molecular weight is 366 g/mol. The van der Waals surface area contributed by atoms with E-state index in [1.54, 1.807) is 22.8 Å². The first-order chi connectivity index (χ1) is 11.6. The maximum atomic E-state index is 12.7. The summed E-state index contributed by atoms with van der Waals surface area (Å²) in [5, 5.41) is 4.59. The van der Waals surface area contributed by atoms with Gasteiger partial charge in [0, 0.05) is 18.1 Å². The number of amides is 1. The number of aromatic nitrogens is 2. The topological polar surface area (TPSA) is 64.0 Å². The van der Waals surface area contributed by atoms with Crippen LogP contribution in [-0.4, -0.2) is 27.8 Å². The summed E-state index contributed by atoms with van der Waals surface area (Å²) in [5.74, 6) is 0.892. The number of carbonyl (C=O) groups excluding carboxylic acids is 1. The van der Waals surface area contributed by atoms with Crippen molar-refractivity contribution in [1.82, 2.24) is 14.9 Å². The predicted molar refractivity (Wildman–Crippen MR) is 97.8 cm³/mol. The van der Waals surface area contributed by atoms with Crippen LogP contribution in [0, 0.1) is 5.92 Å². The zero-order chi connectivity index (χ0) is 17.1. The highest BCUT2D eigenvalue weighted by atomic mass is 35.5. The van der Waals surface area contributed by atoms with E-state index >= 15 is 0 Å². The summed E-state index contributed by atoms with van der Waals surface area (Å²) >= 11 is 7.31. The van der Waals surface area contributed by atoms with Crippen molar-refractivity contribution in [3.05, 3.63) is 33.6 Å². The standard InChI is InChI=1S/C17H20ClN3O2S/c1-2-7-21-16(23)13-6-5-12(18)8-14(13)20-17(21)24-10-15(22)19-9-11-3-4-11/h5-6,8,11H,2-4,7,9-10H2,1H3,(H,19,22). The second kappa shape index (κ2) is 7.57. The minimum Gasteiger partial charge on any atom is -0.355 e. The molecule has 1 aromatic carbocycles. The molecule has 24 heavy (non-hydrogen) atoms. The average Bonchev–Trinajstić information content (AvgIpc) is 3.38. The summed E-state index contributed by atoms with van der Waals surface area (Å²) in [5.41, 5.74) is 0.486. The largest absolute Gasteiger partial charge is 0.355 e. The molecule has 0 unspecified atom stereocenters. The quantitative estimate of drug-likeness (QED) is 0.605. The van der Waals surface area contributed by atoms with Crippen LogP contribution in [0.2, 0.25) is 5.02 Å². The van der Waals surface area contributed by atoms with Crippen molar-refractivity contribution in [1.29, 1.82) is 0 Å². The van der Waals surface area contributed by atoms with E-state index < -0.39 is 0 Å². The summed E-state index contributed by atoms with van der Waals surface area (Å²) in [7, 11) is 0. The molecule has 0 atom stereocenters. The Bertz CT molecular complexity index is 817. The van der Waals surface area contributed by atoms with Crippen molar-refractivity contribution in [3.63, 3.8) is 0 Å². The summed E-state index contributed by atoms with van der Waals surface area (Å²) in [4.78, 5) is 29.2. The number of rotatable bonds is 7. The molecule has 0 bridgehead atoms. The summed E-state index contributed by atoms with van der Waals surface area (Å²) in [6, 6.07) is 5.09. The van der Waals surface area contributed by atoms with Gasteiger partial charge in [-0.25, -0.2) is 4.98 Å². The fourth-order valence-corrected chi connectivity index (χ4v) is 3.49. The van der Waals surface area contributed by atoms with Crippen LogP contribution < -0.4 is 10.9 Å². The molecule has 5 nitrogen and oxygen atoms in total. The van der Waals surface area contributed by atoms with Gasteiger partial charge in [-0.2, -0.15) is 0 Å². The molecule has 1 N–H and O–H groups in total. The normalized spacial score (nSPS) is 14.1. The smallest absolute Gasteiger partial charge is 0.262 e. The second-order valence-corrected chi connectivity index (χ2v) is 7.43. The fraction of sp³-hybridized carbons (Fsp3) is 0.471. The molecule has 1 heterocycles. The number of fused-ring (bicyclic) bond motifs is 1. The second-order valence-electron chi connectivity index (χ2n) is 6.05. The summed E-state index contributed by atoms with van der Waals surface area (Å²) in [6.45, 7) is 3.34. The van der Waals surface area contributed by atoms with Crippen LogP contribution in [0.4, 0.5) is 0 Å². The molecule has 1 aromatic heterocycles. The van der Waals surface area contributed by atoms with E-state index in [2.05, 4.69) is 10.3 Å². The first-order valence-corrected chi connectivity index (χ1v) is 9.54. The van der Waals surface area contributed by atoms with Gasteiger partial charge in [-0.05, 0) is 43.4 Å². The Morgan fingerprint density at radius 2 is 2.25 bits per heavy atom. The lowest BCUT2D eigenvalue weighted by molar-refractivity contribution is -0.118. The minimum absolute atomic E-state index is 0.0182. The first-order valence-electron chi connectivity index (χ1n) is 8.18. The van der Waals surface area contributed by atoms with Crippen molar-refractivity contribution >= 4 is 40.2 Å². The van der Waals surface area contributed by atoms with E-state index in [-0.39, 0.29) is 17.2 Å². The molecule has 3 rings (SSSR count). The number of nitrogens with one attached hydrogen (secondary N) is 1. The summed E-state index contributed by atoms with van der Waals surface area (Å²) in [6.07, 6.45) is 3.23. The molecule has 7 heteroatoms. The first kappa shape index (κ1) is 17.3. The Balaban J connectivity index is 1.82. The Morgan fingerprint density at radius 3 is 2.96 bits per heavy atom. The molecule has 1 fully saturated rings. The number of thioether (sulfide) groups is 1. The van der Waals surface area contributed by atoms with Crippen LogP contribution >= 0.6 is 23.4 Å². The number of hydrogen-bond acceptors (Lipinski definition) is 4. The molecule has 2 aromatic rings. The minimum atomic E-state index is -0.0839. The number of nitrogens with zero attached hydrogens (tertiary/aromatic N) is 2. The highest BCUT2D eigenvalue weighted by molar-refractivity contribution is 7.99. The molecule has 0 spiro atoms. The molecule has 1 aliphatic carbocycles. The Kier molecular flexibility index (Phi) is 5.46. The van der Waals surface area contributed by atoms with E-state index in [9.17, 15) is 9.59 Å². The predicted octanol–water partition coefficient (Wildman–Crippen LogP) is 3.08. The van der Waals surface area contributed by atoms with E-state index in [4.69, 9.17) is 11.6 Å². The van der Waals surface area contributed by atoms with Crippen LogP contribution in [-0.2, 0) is 11.3 Å². The molecule has 1 amide bonds. The van der Waals surface area contributed by atoms with Crippen molar-refractivity contribution in [3.8, 4) is 0 Å². The highest BCUT2D eigenvalue weighted by Crippen LogP contribution is 2.27. The third-order valence-corrected chi connectivity index (χ3v) is 5.16. The maximum Gasteiger partial charge on any atom is 0.262 e. The third kappa shape index (κ3) is 4.11. The van der Waals surface area contributed by atoms with E-state index in [1.807, 2.05) is 6.92 Å². The van der Waals surface area contributed by atoms with Crippen LogP contribution in [0.15, 0.2) is 28.2 Å². The van der Waals surface area contributed by atoms with Crippen molar-refractivity contribution in [2.75, 3.05) is 12.3 Å². The maximum absolute atomic E-state index is 12.7. The number of benzene rings is 1. The van der Waals surface area contributed by atoms with Crippen molar-refractivity contribution in [2.24, 2.45) is 5.92 Å². The molecular weight excluding hydrogens is 346 g/mol. The van der Waals surface area contributed by atoms with Crippen LogP contribution in [0.1, 0.15) is 26.2 Å². The van der Waals surface area contributed by atoms with E-state index in [0.717, 1.165) is 13.0 Å². The van der Waals surface area contributed by atoms with Crippen LogP contribution in [0.5, 0.6) is 0 Å². The molecule has 1 saturated carbocycles. The van der Waals surface area contributed by atoms with E-state index in [1.165, 1.54) is 24.6 Å². The Hall–Kier alpha value is -1.53. The number of carbonyl (C=O) groups is 1. The molecule has 128 valence electrons. The monoisotopic (exact) mass is 365 g/mol. The summed E-state index contributed by atoms with van der Waals surface area (Å²) < 4.78 is 1.65. The number of hydrogen-bond donors (Lipinski definition) is 1. The molecule has 1 aliphatic rings. The Labute approximate surface area is 149 Å². The van der Waals surface area contributed by atoms with Gasteiger partial charge in [-0.3, -0.25) is 14.2 Å². The lowest BCUT2D eigenvalue weighted by Gasteiger charge is -2.12. The Morgan fingerprint density at radius 1 is 1.46 bits per heavy atom. The number of halogens is 1. The van der Waals surface area contributed by atoms with Gasteiger partial charge in [0.15, 0.2) is 5.16 Å². The van der Waals surface area contributed by atoms with Gasteiger partial charge >= 0.3 is 0 Å². The van der Waals surface area contributed by atoms with Gasteiger partial charge in [0.1, 0.15) is 0 Å². The van der Waals surface area contributed by atoms with Crippen molar-refractivity contribution < 1.29 is 4.79 Å². The molecule has 0 saturated heterocycles. The van der Waals surface area contributed by atoms with Gasteiger partial charge in [0.05, 0.1) is 16.7 Å². The molecule has 0 radical (unpaired) electrons. The van der Waals surface area contributed by atoms with Gasteiger partial charge in [0.2, 0.25) is 5.91 Å². The van der Waals surface area contributed by atoms with Gasteiger partial charge in [-0.1, -0.05) is 30.3 Å². The lowest BCUT2D eigenvalue weighted by Crippen LogP contribution is -2.28. The van der Waals surface area contributed by atoms with Crippen LogP contribution in [0.3, 0.4) is 0 Å².